The molecule has 0 spiro atoms. The quantitative estimate of drug-likeness (QED) is 0.896. The highest BCUT2D eigenvalue weighted by Gasteiger charge is 2.30. The summed E-state index contributed by atoms with van der Waals surface area (Å²) < 4.78 is 5.26. The number of pyridine rings is 1. The normalized spacial score (nSPS) is 18.4. The minimum absolute atomic E-state index is 0.241. The molecular formula is C16H20N2O. The average molecular weight is 256 g/mol. The molecule has 1 heterocycles. The maximum atomic E-state index is 6.55. The van der Waals surface area contributed by atoms with Gasteiger partial charge in [-0.3, -0.25) is 4.98 Å². The van der Waals surface area contributed by atoms with Crippen molar-refractivity contribution in [3.8, 4) is 5.75 Å². The summed E-state index contributed by atoms with van der Waals surface area (Å²) in [5, 5.41) is 1.13. The van der Waals surface area contributed by atoms with Crippen LogP contribution in [0.4, 0.5) is 0 Å². The topological polar surface area (TPSA) is 48.1 Å². The van der Waals surface area contributed by atoms with Gasteiger partial charge in [-0.25, -0.2) is 0 Å². The molecule has 1 aliphatic rings. The zero-order valence-electron chi connectivity index (χ0n) is 11.4. The van der Waals surface area contributed by atoms with Gasteiger partial charge in [0.25, 0.3) is 0 Å². The van der Waals surface area contributed by atoms with Crippen molar-refractivity contribution in [1.29, 1.82) is 0 Å². The van der Waals surface area contributed by atoms with Gasteiger partial charge in [-0.2, -0.15) is 0 Å². The molecule has 0 radical (unpaired) electrons. The van der Waals surface area contributed by atoms with Crippen LogP contribution in [0.5, 0.6) is 5.75 Å². The van der Waals surface area contributed by atoms with Crippen molar-refractivity contribution in [2.75, 3.05) is 7.11 Å². The molecule has 1 aromatic carbocycles. The third-order valence-corrected chi connectivity index (χ3v) is 4.16. The molecule has 2 N–H and O–H groups in total. The van der Waals surface area contributed by atoms with Gasteiger partial charge < -0.3 is 10.5 Å². The molecule has 1 fully saturated rings. The lowest BCUT2D eigenvalue weighted by Gasteiger charge is -2.33. The number of nitrogens with two attached hydrogens (primary N) is 1. The van der Waals surface area contributed by atoms with Gasteiger partial charge in [0.1, 0.15) is 5.75 Å². The number of nitrogens with zero attached hydrogens (tertiary/aromatic N) is 1. The number of methoxy groups -OCH3 is 1. The van der Waals surface area contributed by atoms with E-state index in [0.717, 1.165) is 35.2 Å². The first-order valence-electron chi connectivity index (χ1n) is 6.95. The lowest BCUT2D eigenvalue weighted by molar-refractivity contribution is 0.296. The van der Waals surface area contributed by atoms with Crippen molar-refractivity contribution in [2.45, 2.75) is 37.6 Å². The number of hydrogen-bond acceptors (Lipinski definition) is 3. The first-order chi connectivity index (χ1) is 9.21. The van der Waals surface area contributed by atoms with Crippen LogP contribution < -0.4 is 10.5 Å². The van der Waals surface area contributed by atoms with Gasteiger partial charge in [0.05, 0.1) is 23.9 Å². The Balaban J connectivity index is 2.04. The second-order valence-electron chi connectivity index (χ2n) is 5.47. The Labute approximate surface area is 113 Å². The lowest BCUT2D eigenvalue weighted by atomic mass is 9.80. The Morgan fingerprint density at radius 3 is 2.58 bits per heavy atom. The monoisotopic (exact) mass is 256 g/mol. The van der Waals surface area contributed by atoms with Gasteiger partial charge in [-0.05, 0) is 31.0 Å². The standard InChI is InChI=1S/C16H20N2O/c1-19-13-7-5-12-6-8-15(18-14(12)11-13)16(17)9-3-2-4-10-16/h5-8,11H,2-4,9-10,17H2,1H3. The minimum atomic E-state index is -0.241. The smallest absolute Gasteiger partial charge is 0.121 e. The fraction of sp³-hybridized carbons (Fsp3) is 0.438. The third-order valence-electron chi connectivity index (χ3n) is 4.16. The lowest BCUT2D eigenvalue weighted by Crippen LogP contribution is -2.39. The Kier molecular flexibility index (Phi) is 3.15. The van der Waals surface area contributed by atoms with E-state index in [1.54, 1.807) is 7.11 Å². The summed E-state index contributed by atoms with van der Waals surface area (Å²) in [6, 6.07) is 10.2. The largest absolute Gasteiger partial charge is 0.497 e. The Hall–Kier alpha value is -1.61. The molecule has 3 rings (SSSR count). The van der Waals surface area contributed by atoms with Crippen molar-refractivity contribution in [3.63, 3.8) is 0 Å². The molecule has 0 bridgehead atoms. The van der Waals surface area contributed by atoms with E-state index in [0.29, 0.717) is 0 Å². The van der Waals surface area contributed by atoms with Crippen molar-refractivity contribution >= 4 is 10.9 Å². The summed E-state index contributed by atoms with van der Waals surface area (Å²) in [6.45, 7) is 0. The molecule has 100 valence electrons. The number of ether oxygens (including phenoxy) is 1. The van der Waals surface area contributed by atoms with E-state index in [9.17, 15) is 0 Å². The van der Waals surface area contributed by atoms with E-state index in [2.05, 4.69) is 12.1 Å². The van der Waals surface area contributed by atoms with Gasteiger partial charge in [-0.1, -0.05) is 25.3 Å². The summed E-state index contributed by atoms with van der Waals surface area (Å²) in [4.78, 5) is 4.77. The molecule has 1 aliphatic carbocycles. The number of aromatic nitrogens is 1. The molecule has 0 saturated heterocycles. The van der Waals surface area contributed by atoms with Crippen molar-refractivity contribution in [2.24, 2.45) is 5.73 Å². The zero-order valence-corrected chi connectivity index (χ0v) is 11.4. The average Bonchev–Trinajstić information content (AvgIpc) is 2.47. The van der Waals surface area contributed by atoms with Crippen LogP contribution in [-0.4, -0.2) is 12.1 Å². The molecule has 3 heteroatoms. The Morgan fingerprint density at radius 1 is 1.11 bits per heavy atom. The highest BCUT2D eigenvalue weighted by Crippen LogP contribution is 2.34. The molecular weight excluding hydrogens is 236 g/mol. The van der Waals surface area contributed by atoms with E-state index in [1.807, 2.05) is 18.2 Å². The maximum absolute atomic E-state index is 6.55. The van der Waals surface area contributed by atoms with Crippen LogP contribution in [0.3, 0.4) is 0 Å². The van der Waals surface area contributed by atoms with Crippen LogP contribution in [-0.2, 0) is 5.54 Å². The third kappa shape index (κ3) is 2.30. The summed E-state index contributed by atoms with van der Waals surface area (Å²) in [5.74, 6) is 0.840. The van der Waals surface area contributed by atoms with Gasteiger partial charge in [-0.15, -0.1) is 0 Å². The molecule has 3 nitrogen and oxygen atoms in total. The SMILES string of the molecule is COc1ccc2ccc(C3(N)CCCCC3)nc2c1. The van der Waals surface area contributed by atoms with Gasteiger partial charge in [0.15, 0.2) is 0 Å². The molecule has 0 unspecified atom stereocenters. The van der Waals surface area contributed by atoms with Gasteiger partial charge in [0, 0.05) is 11.5 Å². The summed E-state index contributed by atoms with van der Waals surface area (Å²) in [5.41, 5.74) is 8.29. The highest BCUT2D eigenvalue weighted by atomic mass is 16.5. The van der Waals surface area contributed by atoms with Crippen molar-refractivity contribution in [1.82, 2.24) is 4.98 Å². The molecule has 1 saturated carbocycles. The van der Waals surface area contributed by atoms with Crippen LogP contribution in [0.2, 0.25) is 0 Å². The molecule has 19 heavy (non-hydrogen) atoms. The van der Waals surface area contributed by atoms with Crippen LogP contribution in [0.1, 0.15) is 37.8 Å². The Morgan fingerprint density at radius 2 is 1.84 bits per heavy atom. The molecule has 2 aromatic rings. The molecule has 0 atom stereocenters. The van der Waals surface area contributed by atoms with E-state index in [1.165, 1.54) is 19.3 Å². The number of benzene rings is 1. The second kappa shape index (κ2) is 4.82. The number of hydrogen-bond donors (Lipinski definition) is 1. The van der Waals surface area contributed by atoms with Gasteiger partial charge >= 0.3 is 0 Å². The molecule has 0 aliphatic heterocycles. The summed E-state index contributed by atoms with van der Waals surface area (Å²) in [6.07, 6.45) is 5.77. The van der Waals surface area contributed by atoms with Crippen molar-refractivity contribution in [3.05, 3.63) is 36.0 Å². The first kappa shape index (κ1) is 12.4. The summed E-state index contributed by atoms with van der Waals surface area (Å²) in [7, 11) is 1.68. The predicted molar refractivity (Wildman–Crippen MR) is 77.2 cm³/mol. The van der Waals surface area contributed by atoms with E-state index < -0.39 is 0 Å². The van der Waals surface area contributed by atoms with Gasteiger partial charge in [0.2, 0.25) is 0 Å². The molecule has 1 aromatic heterocycles. The van der Waals surface area contributed by atoms with E-state index in [-0.39, 0.29) is 5.54 Å². The fourth-order valence-corrected chi connectivity index (χ4v) is 2.94. The van der Waals surface area contributed by atoms with Crippen LogP contribution in [0.25, 0.3) is 10.9 Å². The predicted octanol–water partition coefficient (Wildman–Crippen LogP) is 3.36. The van der Waals surface area contributed by atoms with E-state index >= 15 is 0 Å². The zero-order chi connectivity index (χ0) is 13.3. The summed E-state index contributed by atoms with van der Waals surface area (Å²) >= 11 is 0. The highest BCUT2D eigenvalue weighted by molar-refractivity contribution is 5.80. The van der Waals surface area contributed by atoms with Crippen LogP contribution in [0.15, 0.2) is 30.3 Å². The maximum Gasteiger partial charge on any atom is 0.121 e. The Bertz CT molecular complexity index is 588. The van der Waals surface area contributed by atoms with Crippen LogP contribution in [0, 0.1) is 0 Å². The van der Waals surface area contributed by atoms with Crippen LogP contribution >= 0.6 is 0 Å². The fourth-order valence-electron chi connectivity index (χ4n) is 2.94. The number of fused-ring (bicyclic) bond motifs is 1. The van der Waals surface area contributed by atoms with E-state index in [4.69, 9.17) is 15.5 Å². The minimum Gasteiger partial charge on any atom is -0.497 e. The first-order valence-corrected chi connectivity index (χ1v) is 6.95. The second-order valence-corrected chi connectivity index (χ2v) is 5.47. The molecule has 0 amide bonds. The number of rotatable bonds is 2. The van der Waals surface area contributed by atoms with Crippen molar-refractivity contribution < 1.29 is 4.74 Å².